The fourth-order valence-electron chi connectivity index (χ4n) is 1.25. The van der Waals surface area contributed by atoms with Gasteiger partial charge in [0.15, 0.2) is 0 Å². The van der Waals surface area contributed by atoms with E-state index >= 15 is 0 Å². The minimum atomic E-state index is -0.270. The lowest BCUT2D eigenvalue weighted by atomic mass is 9.96. The molecule has 0 aromatic heterocycles. The highest BCUT2D eigenvalue weighted by Gasteiger charge is 2.26. The molecule has 1 rings (SSSR count). The molecule has 0 atom stereocenters. The molecule has 10 heavy (non-hydrogen) atoms. The van der Waals surface area contributed by atoms with Crippen LogP contribution in [0.2, 0.25) is 0 Å². The maximum Gasteiger partial charge on any atom is 0.213 e. The van der Waals surface area contributed by atoms with Crippen molar-refractivity contribution in [2.75, 3.05) is 0 Å². The first-order valence-corrected chi connectivity index (χ1v) is 4.39. The Morgan fingerprint density at radius 2 is 1.80 bits per heavy atom. The number of nitro groups is 1. The molecule has 0 aliphatic heterocycles. The summed E-state index contributed by atoms with van der Waals surface area (Å²) >= 11 is 3.44. The van der Waals surface area contributed by atoms with Crippen LogP contribution in [0.15, 0.2) is 0 Å². The molecule has 1 aliphatic carbocycles. The maximum absolute atomic E-state index is 10.3. The third kappa shape index (κ3) is 1.94. The Morgan fingerprint density at radius 3 is 2.20 bits per heavy atom. The molecule has 1 fully saturated rings. The summed E-state index contributed by atoms with van der Waals surface area (Å²) in [5.41, 5.74) is 0. The van der Waals surface area contributed by atoms with Gasteiger partial charge in [0.05, 0.1) is 0 Å². The Labute approximate surface area is 68.1 Å². The van der Waals surface area contributed by atoms with Gasteiger partial charge in [0, 0.05) is 22.6 Å². The van der Waals surface area contributed by atoms with Crippen LogP contribution in [0.3, 0.4) is 0 Å². The van der Waals surface area contributed by atoms with Crippen molar-refractivity contribution in [3.8, 4) is 0 Å². The first-order chi connectivity index (χ1) is 4.70. The van der Waals surface area contributed by atoms with Gasteiger partial charge in [0.25, 0.3) is 0 Å². The zero-order valence-corrected chi connectivity index (χ0v) is 7.21. The second kappa shape index (κ2) is 3.32. The van der Waals surface area contributed by atoms with Crippen molar-refractivity contribution in [2.45, 2.75) is 36.6 Å². The molecule has 0 amide bonds. The minimum Gasteiger partial charge on any atom is -0.264 e. The third-order valence-electron chi connectivity index (χ3n) is 1.92. The fourth-order valence-corrected chi connectivity index (χ4v) is 1.77. The Morgan fingerprint density at radius 1 is 1.30 bits per heavy atom. The summed E-state index contributed by atoms with van der Waals surface area (Å²) in [6.45, 7) is 0. The van der Waals surface area contributed by atoms with Gasteiger partial charge in [-0.05, 0) is 12.8 Å². The van der Waals surface area contributed by atoms with Crippen molar-refractivity contribution < 1.29 is 4.92 Å². The molecule has 0 radical (unpaired) electrons. The molecule has 0 heterocycles. The molecule has 0 aromatic carbocycles. The van der Waals surface area contributed by atoms with E-state index in [9.17, 15) is 10.1 Å². The van der Waals surface area contributed by atoms with Crippen LogP contribution in [0.4, 0.5) is 0 Å². The normalized spacial score (nSPS) is 33.7. The summed E-state index contributed by atoms with van der Waals surface area (Å²) in [4.78, 5) is 10.6. The minimum absolute atomic E-state index is 0.154. The Bertz CT molecular complexity index is 132. The Hall–Kier alpha value is -0.120. The molecule has 0 N–H and O–H groups in total. The van der Waals surface area contributed by atoms with E-state index in [-0.39, 0.29) is 11.0 Å². The number of halogens is 1. The van der Waals surface area contributed by atoms with Crippen molar-refractivity contribution in [3.63, 3.8) is 0 Å². The highest BCUT2D eigenvalue weighted by molar-refractivity contribution is 9.09. The highest BCUT2D eigenvalue weighted by atomic mass is 79.9. The SMILES string of the molecule is O=[N+]([O-])C1CCC(Br)CC1. The van der Waals surface area contributed by atoms with Crippen molar-refractivity contribution in [3.05, 3.63) is 10.1 Å². The lowest BCUT2D eigenvalue weighted by Crippen LogP contribution is -2.25. The average Bonchev–Trinajstić information content (AvgIpc) is 1.88. The monoisotopic (exact) mass is 207 g/mol. The van der Waals surface area contributed by atoms with E-state index in [2.05, 4.69) is 15.9 Å². The molecular weight excluding hydrogens is 198 g/mol. The summed E-state index contributed by atoms with van der Waals surface area (Å²) in [5.74, 6) is 0. The van der Waals surface area contributed by atoms with Crippen molar-refractivity contribution in [1.29, 1.82) is 0 Å². The predicted molar refractivity (Wildman–Crippen MR) is 42.0 cm³/mol. The van der Waals surface area contributed by atoms with Gasteiger partial charge in [-0.25, -0.2) is 0 Å². The van der Waals surface area contributed by atoms with Crippen molar-refractivity contribution >= 4 is 15.9 Å². The van der Waals surface area contributed by atoms with E-state index in [0.29, 0.717) is 4.83 Å². The van der Waals surface area contributed by atoms with Crippen LogP contribution in [0.25, 0.3) is 0 Å². The number of alkyl halides is 1. The van der Waals surface area contributed by atoms with Gasteiger partial charge in [0.1, 0.15) is 0 Å². The van der Waals surface area contributed by atoms with Gasteiger partial charge in [-0.3, -0.25) is 10.1 Å². The molecule has 1 aliphatic rings. The topological polar surface area (TPSA) is 43.1 Å². The zero-order chi connectivity index (χ0) is 7.56. The maximum atomic E-state index is 10.3. The molecule has 0 bridgehead atoms. The van der Waals surface area contributed by atoms with E-state index in [1.165, 1.54) is 0 Å². The number of nitrogens with zero attached hydrogens (tertiary/aromatic N) is 1. The van der Waals surface area contributed by atoms with Crippen molar-refractivity contribution in [1.82, 2.24) is 0 Å². The van der Waals surface area contributed by atoms with Crippen LogP contribution < -0.4 is 0 Å². The van der Waals surface area contributed by atoms with Crippen LogP contribution in [0, 0.1) is 10.1 Å². The molecule has 3 nitrogen and oxygen atoms in total. The Kier molecular flexibility index (Phi) is 2.65. The van der Waals surface area contributed by atoms with E-state index in [1.807, 2.05) is 0 Å². The standard InChI is InChI=1S/C6H10BrNO2/c7-5-1-3-6(4-2-5)8(9)10/h5-6H,1-4H2. The lowest BCUT2D eigenvalue weighted by molar-refractivity contribution is -0.526. The van der Waals surface area contributed by atoms with Crippen LogP contribution in [0.5, 0.6) is 0 Å². The molecule has 1 saturated carbocycles. The summed E-state index contributed by atoms with van der Waals surface area (Å²) in [7, 11) is 0. The van der Waals surface area contributed by atoms with Gasteiger partial charge in [0.2, 0.25) is 6.04 Å². The molecular formula is C6H10BrNO2. The van der Waals surface area contributed by atoms with E-state index in [4.69, 9.17) is 0 Å². The fraction of sp³-hybridized carbons (Fsp3) is 1.00. The van der Waals surface area contributed by atoms with Gasteiger partial charge < -0.3 is 0 Å². The average molecular weight is 208 g/mol. The van der Waals surface area contributed by atoms with Gasteiger partial charge in [-0.2, -0.15) is 0 Å². The number of hydrogen-bond donors (Lipinski definition) is 0. The second-order valence-corrected chi connectivity index (χ2v) is 3.99. The van der Waals surface area contributed by atoms with E-state index in [0.717, 1.165) is 25.7 Å². The summed E-state index contributed by atoms with van der Waals surface area (Å²) in [6.07, 6.45) is 3.38. The largest absolute Gasteiger partial charge is 0.264 e. The first-order valence-electron chi connectivity index (χ1n) is 3.47. The Balaban J connectivity index is 2.33. The third-order valence-corrected chi connectivity index (χ3v) is 2.84. The molecule has 0 saturated heterocycles. The molecule has 0 aromatic rings. The van der Waals surface area contributed by atoms with Crippen LogP contribution in [0.1, 0.15) is 25.7 Å². The van der Waals surface area contributed by atoms with Gasteiger partial charge in [-0.1, -0.05) is 15.9 Å². The predicted octanol–water partition coefficient (Wildman–Crippen LogP) is 1.97. The number of hydrogen-bond acceptors (Lipinski definition) is 2. The van der Waals surface area contributed by atoms with E-state index < -0.39 is 0 Å². The molecule has 4 heteroatoms. The molecule has 0 unspecified atom stereocenters. The van der Waals surface area contributed by atoms with Crippen LogP contribution in [-0.2, 0) is 0 Å². The lowest BCUT2D eigenvalue weighted by Gasteiger charge is -2.18. The summed E-state index contributed by atoms with van der Waals surface area (Å²) < 4.78 is 0. The highest BCUT2D eigenvalue weighted by Crippen LogP contribution is 2.25. The van der Waals surface area contributed by atoms with Crippen LogP contribution in [-0.4, -0.2) is 15.8 Å². The quantitative estimate of drug-likeness (QED) is 0.375. The molecule has 0 spiro atoms. The van der Waals surface area contributed by atoms with Gasteiger partial charge >= 0.3 is 0 Å². The first kappa shape index (κ1) is 7.98. The van der Waals surface area contributed by atoms with Gasteiger partial charge in [-0.15, -0.1) is 0 Å². The van der Waals surface area contributed by atoms with Crippen LogP contribution >= 0.6 is 15.9 Å². The summed E-state index contributed by atoms with van der Waals surface area (Å²) in [6, 6.07) is -0.270. The second-order valence-electron chi connectivity index (χ2n) is 2.69. The zero-order valence-electron chi connectivity index (χ0n) is 5.62. The molecule has 58 valence electrons. The van der Waals surface area contributed by atoms with E-state index in [1.54, 1.807) is 0 Å². The van der Waals surface area contributed by atoms with Crippen molar-refractivity contribution in [2.24, 2.45) is 0 Å². The summed E-state index contributed by atoms with van der Waals surface area (Å²) in [5, 5.41) is 10.3. The number of rotatable bonds is 1. The smallest absolute Gasteiger partial charge is 0.213 e.